The molecule has 1 aromatic heterocycles. The Kier molecular flexibility index (Phi) is 5.15. The van der Waals surface area contributed by atoms with E-state index in [2.05, 4.69) is 36.4 Å². The maximum absolute atomic E-state index is 11.2. The molecule has 0 saturated heterocycles. The van der Waals surface area contributed by atoms with Crippen LogP contribution in [0.25, 0.3) is 0 Å². The van der Waals surface area contributed by atoms with Crippen LogP contribution in [0.5, 0.6) is 0 Å². The maximum Gasteiger partial charge on any atom is 0.250 e. The van der Waals surface area contributed by atoms with Gasteiger partial charge < -0.3 is 15.7 Å². The summed E-state index contributed by atoms with van der Waals surface area (Å²) >= 11 is 1.70. The molecular formula is C16H21N3O2S. The van der Waals surface area contributed by atoms with Gasteiger partial charge in [0.15, 0.2) is 0 Å². The first kappa shape index (κ1) is 16.5. The molecule has 0 aliphatic carbocycles. The van der Waals surface area contributed by atoms with E-state index in [0.29, 0.717) is 12.2 Å². The minimum absolute atomic E-state index is 0.0669. The minimum Gasteiger partial charge on any atom is -0.387 e. The van der Waals surface area contributed by atoms with Gasteiger partial charge in [-0.2, -0.15) is 0 Å². The van der Waals surface area contributed by atoms with Crippen molar-refractivity contribution in [2.75, 3.05) is 17.2 Å². The summed E-state index contributed by atoms with van der Waals surface area (Å²) in [5, 5.41) is 15.8. The number of aliphatic hydroxyl groups excluding tert-OH is 1. The quantitative estimate of drug-likeness (QED) is 0.792. The summed E-state index contributed by atoms with van der Waals surface area (Å²) in [5.74, 6) is -0.422. The predicted molar refractivity (Wildman–Crippen MR) is 90.3 cm³/mol. The Bertz CT molecular complexity index is 647. The number of aliphatic hydroxyl groups is 1. The van der Waals surface area contributed by atoms with Gasteiger partial charge in [-0.05, 0) is 18.2 Å². The second-order valence-electron chi connectivity index (χ2n) is 6.02. The molecule has 0 radical (unpaired) electrons. The number of nitrogens with one attached hydrogen (secondary N) is 2. The fourth-order valence-corrected chi connectivity index (χ4v) is 2.74. The lowest BCUT2D eigenvalue weighted by Gasteiger charge is -2.13. The van der Waals surface area contributed by atoms with Gasteiger partial charge in [0.25, 0.3) is 0 Å². The van der Waals surface area contributed by atoms with Crippen molar-refractivity contribution in [2.45, 2.75) is 32.7 Å². The molecule has 1 heterocycles. The molecule has 0 aliphatic rings. The first-order chi connectivity index (χ1) is 10.4. The zero-order chi connectivity index (χ0) is 16.2. The molecule has 1 amide bonds. The molecule has 118 valence electrons. The Labute approximate surface area is 134 Å². The van der Waals surface area contributed by atoms with E-state index in [1.54, 1.807) is 17.4 Å². The standard InChI is InChI=1S/C16H21N3O2S/c1-16(2,3)15-18-9-13(22-15)8-17-11-5-4-6-12(7-11)19-14(21)10-20/h4-7,9,17,20H,8,10H2,1-3H3,(H,19,21). The summed E-state index contributed by atoms with van der Waals surface area (Å²) in [4.78, 5) is 16.8. The minimum atomic E-state index is -0.520. The number of nitrogens with zero attached hydrogens (tertiary/aromatic N) is 1. The molecule has 0 fully saturated rings. The number of thiazole rings is 1. The average Bonchev–Trinajstić information content (AvgIpc) is 2.94. The van der Waals surface area contributed by atoms with Crippen molar-refractivity contribution in [2.24, 2.45) is 0 Å². The highest BCUT2D eigenvalue weighted by Gasteiger charge is 2.17. The lowest BCUT2D eigenvalue weighted by atomic mass is 9.98. The summed E-state index contributed by atoms with van der Waals surface area (Å²) in [7, 11) is 0. The third-order valence-electron chi connectivity index (χ3n) is 2.95. The molecule has 0 spiro atoms. The number of hydrogen-bond donors (Lipinski definition) is 3. The van der Waals surface area contributed by atoms with Gasteiger partial charge in [-0.1, -0.05) is 26.8 Å². The predicted octanol–water partition coefficient (Wildman–Crippen LogP) is 2.98. The van der Waals surface area contributed by atoms with Crippen LogP contribution in [0.15, 0.2) is 30.5 Å². The van der Waals surface area contributed by atoms with Gasteiger partial charge in [0.1, 0.15) is 6.61 Å². The van der Waals surface area contributed by atoms with Gasteiger partial charge in [0, 0.05) is 27.9 Å². The van der Waals surface area contributed by atoms with Gasteiger partial charge in [0.2, 0.25) is 5.91 Å². The molecule has 3 N–H and O–H groups in total. The van der Waals surface area contributed by atoms with Crippen LogP contribution in [0.4, 0.5) is 11.4 Å². The lowest BCUT2D eigenvalue weighted by molar-refractivity contribution is -0.118. The first-order valence-corrected chi connectivity index (χ1v) is 7.90. The highest BCUT2D eigenvalue weighted by atomic mass is 32.1. The highest BCUT2D eigenvalue weighted by Crippen LogP contribution is 2.27. The second-order valence-corrected chi connectivity index (χ2v) is 7.14. The smallest absolute Gasteiger partial charge is 0.250 e. The Hall–Kier alpha value is -1.92. The third-order valence-corrected chi connectivity index (χ3v) is 4.37. The molecule has 0 unspecified atom stereocenters. The summed E-state index contributed by atoms with van der Waals surface area (Å²) in [6.45, 7) is 6.61. The summed E-state index contributed by atoms with van der Waals surface area (Å²) in [5.41, 5.74) is 1.63. The monoisotopic (exact) mass is 319 g/mol. The molecule has 2 rings (SSSR count). The van der Waals surface area contributed by atoms with Gasteiger partial charge in [-0.25, -0.2) is 4.98 Å². The van der Waals surface area contributed by atoms with E-state index in [4.69, 9.17) is 5.11 Å². The number of carbonyl (C=O) groups excluding carboxylic acids is 1. The van der Waals surface area contributed by atoms with Gasteiger partial charge >= 0.3 is 0 Å². The van der Waals surface area contributed by atoms with Crippen molar-refractivity contribution >= 4 is 28.6 Å². The molecule has 2 aromatic rings. The van der Waals surface area contributed by atoms with Gasteiger partial charge in [-0.3, -0.25) is 4.79 Å². The molecule has 6 heteroatoms. The number of rotatable bonds is 5. The van der Waals surface area contributed by atoms with Gasteiger partial charge in [-0.15, -0.1) is 11.3 Å². The second kappa shape index (κ2) is 6.89. The summed E-state index contributed by atoms with van der Waals surface area (Å²) in [6.07, 6.45) is 1.90. The first-order valence-electron chi connectivity index (χ1n) is 7.08. The highest BCUT2D eigenvalue weighted by molar-refractivity contribution is 7.11. The number of carbonyl (C=O) groups is 1. The van der Waals surface area contributed by atoms with Crippen LogP contribution in [0.2, 0.25) is 0 Å². The van der Waals surface area contributed by atoms with Crippen molar-refractivity contribution in [3.05, 3.63) is 40.3 Å². The van der Waals surface area contributed by atoms with E-state index in [-0.39, 0.29) is 5.41 Å². The van der Waals surface area contributed by atoms with Crippen LogP contribution in [0.3, 0.4) is 0 Å². The SMILES string of the molecule is CC(C)(C)c1ncc(CNc2cccc(NC(=O)CO)c2)s1. The van der Waals surface area contributed by atoms with Crippen molar-refractivity contribution in [3.8, 4) is 0 Å². The molecule has 1 aromatic carbocycles. The van der Waals surface area contributed by atoms with Crippen LogP contribution in [-0.2, 0) is 16.8 Å². The van der Waals surface area contributed by atoms with E-state index in [0.717, 1.165) is 15.6 Å². The van der Waals surface area contributed by atoms with Crippen molar-refractivity contribution in [3.63, 3.8) is 0 Å². The molecule has 22 heavy (non-hydrogen) atoms. The topological polar surface area (TPSA) is 74.2 Å². The van der Waals surface area contributed by atoms with E-state index < -0.39 is 12.5 Å². The Balaban J connectivity index is 1.98. The van der Waals surface area contributed by atoms with E-state index in [1.165, 1.54) is 0 Å². The van der Waals surface area contributed by atoms with E-state index >= 15 is 0 Å². The molecule has 0 atom stereocenters. The Morgan fingerprint density at radius 3 is 2.68 bits per heavy atom. The van der Waals surface area contributed by atoms with E-state index in [1.807, 2.05) is 24.4 Å². The third kappa shape index (κ3) is 4.54. The lowest BCUT2D eigenvalue weighted by Crippen LogP contribution is -2.15. The zero-order valence-corrected chi connectivity index (χ0v) is 13.8. The van der Waals surface area contributed by atoms with Gasteiger partial charge in [0.05, 0.1) is 11.6 Å². The fraction of sp³-hybridized carbons (Fsp3) is 0.375. The molecule has 5 nitrogen and oxygen atoms in total. The van der Waals surface area contributed by atoms with Crippen LogP contribution in [-0.4, -0.2) is 22.6 Å². The number of amides is 1. The number of aromatic nitrogens is 1. The largest absolute Gasteiger partial charge is 0.387 e. The molecule has 0 aliphatic heterocycles. The van der Waals surface area contributed by atoms with Crippen molar-refractivity contribution in [1.82, 2.24) is 4.98 Å². The number of anilines is 2. The Morgan fingerprint density at radius 2 is 2.05 bits per heavy atom. The molecular weight excluding hydrogens is 298 g/mol. The van der Waals surface area contributed by atoms with E-state index in [9.17, 15) is 4.79 Å². The van der Waals surface area contributed by atoms with Crippen LogP contribution in [0, 0.1) is 0 Å². The molecule has 0 saturated carbocycles. The van der Waals surface area contributed by atoms with Crippen molar-refractivity contribution in [1.29, 1.82) is 0 Å². The van der Waals surface area contributed by atoms with Crippen molar-refractivity contribution < 1.29 is 9.90 Å². The zero-order valence-electron chi connectivity index (χ0n) is 13.0. The maximum atomic E-state index is 11.2. The van der Waals surface area contributed by atoms with Crippen LogP contribution < -0.4 is 10.6 Å². The number of benzene rings is 1. The fourth-order valence-electron chi connectivity index (χ4n) is 1.83. The molecule has 0 bridgehead atoms. The normalized spacial score (nSPS) is 11.3. The Morgan fingerprint density at radius 1 is 1.32 bits per heavy atom. The summed E-state index contributed by atoms with van der Waals surface area (Å²) in [6, 6.07) is 7.39. The number of hydrogen-bond acceptors (Lipinski definition) is 5. The van der Waals surface area contributed by atoms with Crippen LogP contribution >= 0.6 is 11.3 Å². The summed E-state index contributed by atoms with van der Waals surface area (Å²) < 4.78 is 0. The average molecular weight is 319 g/mol. The van der Waals surface area contributed by atoms with Crippen LogP contribution in [0.1, 0.15) is 30.7 Å².